The summed E-state index contributed by atoms with van der Waals surface area (Å²) in [4.78, 5) is 18.7. The molecule has 0 saturated carbocycles. The molecule has 0 aliphatic carbocycles. The van der Waals surface area contributed by atoms with E-state index in [0.717, 1.165) is 22.0 Å². The number of benzene rings is 2. The molecule has 1 amide bonds. The molecule has 0 aliphatic rings. The van der Waals surface area contributed by atoms with Crippen LogP contribution in [0.15, 0.2) is 53.9 Å². The Labute approximate surface area is 163 Å². The number of thiazole rings is 1. The van der Waals surface area contributed by atoms with Crippen molar-refractivity contribution >= 4 is 17.2 Å². The van der Waals surface area contributed by atoms with Gasteiger partial charge in [-0.2, -0.15) is 0 Å². The second kappa shape index (κ2) is 8.68. The third kappa shape index (κ3) is 4.86. The lowest BCUT2D eigenvalue weighted by atomic mass is 10.1. The van der Waals surface area contributed by atoms with Crippen LogP contribution in [0.2, 0.25) is 0 Å². The number of aryl methyl sites for hydroxylation is 1. The minimum Gasteiger partial charge on any atom is -0.496 e. The predicted molar refractivity (Wildman–Crippen MR) is 106 cm³/mol. The van der Waals surface area contributed by atoms with Gasteiger partial charge in [0.1, 0.15) is 18.1 Å². The number of carbonyl (C=O) groups excluding carboxylic acids is 1. The van der Waals surface area contributed by atoms with Crippen molar-refractivity contribution in [2.45, 2.75) is 20.1 Å². The van der Waals surface area contributed by atoms with Crippen LogP contribution in [0, 0.1) is 6.92 Å². The number of methoxy groups -OCH3 is 1. The van der Waals surface area contributed by atoms with Gasteiger partial charge in [0.05, 0.1) is 17.8 Å². The average molecular weight is 382 g/mol. The molecular weight excluding hydrogens is 360 g/mol. The Morgan fingerprint density at radius 2 is 1.89 bits per heavy atom. The highest BCUT2D eigenvalue weighted by molar-refractivity contribution is 7.09. The van der Waals surface area contributed by atoms with Crippen molar-refractivity contribution in [2.75, 3.05) is 14.2 Å². The Kier molecular flexibility index (Phi) is 6.08. The van der Waals surface area contributed by atoms with Crippen LogP contribution in [0.4, 0.5) is 0 Å². The van der Waals surface area contributed by atoms with E-state index >= 15 is 0 Å². The number of para-hydroxylation sites is 1. The Morgan fingerprint density at radius 1 is 1.15 bits per heavy atom. The number of hydrogen-bond donors (Lipinski definition) is 0. The maximum Gasteiger partial charge on any atom is 0.253 e. The van der Waals surface area contributed by atoms with Crippen molar-refractivity contribution in [1.82, 2.24) is 9.88 Å². The first-order valence-corrected chi connectivity index (χ1v) is 9.46. The summed E-state index contributed by atoms with van der Waals surface area (Å²) >= 11 is 1.60. The number of amides is 1. The van der Waals surface area contributed by atoms with Gasteiger partial charge in [-0.3, -0.25) is 4.79 Å². The second-order valence-corrected chi connectivity index (χ2v) is 7.21. The van der Waals surface area contributed by atoms with Crippen molar-refractivity contribution in [3.8, 4) is 11.5 Å². The van der Waals surface area contributed by atoms with Gasteiger partial charge in [0.15, 0.2) is 0 Å². The van der Waals surface area contributed by atoms with Gasteiger partial charge >= 0.3 is 0 Å². The summed E-state index contributed by atoms with van der Waals surface area (Å²) in [5.41, 5.74) is 2.49. The summed E-state index contributed by atoms with van der Waals surface area (Å²) in [6.07, 6.45) is 0. The topological polar surface area (TPSA) is 51.7 Å². The van der Waals surface area contributed by atoms with E-state index in [0.29, 0.717) is 24.5 Å². The maximum atomic E-state index is 12.7. The molecule has 0 N–H and O–H groups in total. The maximum absolute atomic E-state index is 12.7. The van der Waals surface area contributed by atoms with Gasteiger partial charge in [0, 0.05) is 30.1 Å². The fourth-order valence-electron chi connectivity index (χ4n) is 2.71. The van der Waals surface area contributed by atoms with Gasteiger partial charge in [-0.05, 0) is 37.3 Å². The van der Waals surface area contributed by atoms with Gasteiger partial charge in [-0.15, -0.1) is 11.3 Å². The second-order valence-electron chi connectivity index (χ2n) is 6.14. The fraction of sp³-hybridized carbons (Fsp3) is 0.238. The lowest BCUT2D eigenvalue weighted by Crippen LogP contribution is -2.26. The average Bonchev–Trinajstić information content (AvgIpc) is 3.12. The summed E-state index contributed by atoms with van der Waals surface area (Å²) in [5, 5.41) is 3.01. The minimum absolute atomic E-state index is 0.0532. The van der Waals surface area contributed by atoms with Crippen LogP contribution < -0.4 is 9.47 Å². The Morgan fingerprint density at radius 3 is 2.56 bits per heavy atom. The van der Waals surface area contributed by atoms with Crippen LogP contribution in [-0.2, 0) is 13.2 Å². The first-order chi connectivity index (χ1) is 13.1. The smallest absolute Gasteiger partial charge is 0.253 e. The van der Waals surface area contributed by atoms with Crippen molar-refractivity contribution < 1.29 is 14.3 Å². The zero-order valence-corrected chi connectivity index (χ0v) is 16.5. The largest absolute Gasteiger partial charge is 0.496 e. The first kappa shape index (κ1) is 18.9. The minimum atomic E-state index is -0.0532. The van der Waals surface area contributed by atoms with E-state index in [-0.39, 0.29) is 5.91 Å². The Hall–Kier alpha value is -2.86. The molecule has 0 bridgehead atoms. The molecule has 1 aromatic heterocycles. The van der Waals surface area contributed by atoms with Crippen LogP contribution in [0.25, 0.3) is 0 Å². The quantitative estimate of drug-likeness (QED) is 0.611. The number of rotatable bonds is 7. The number of aromatic nitrogens is 1. The van der Waals surface area contributed by atoms with E-state index in [1.54, 1.807) is 42.5 Å². The third-order valence-corrected chi connectivity index (χ3v) is 4.92. The van der Waals surface area contributed by atoms with Crippen molar-refractivity contribution in [1.29, 1.82) is 0 Å². The van der Waals surface area contributed by atoms with Gasteiger partial charge < -0.3 is 14.4 Å². The van der Waals surface area contributed by atoms with Crippen LogP contribution in [0.5, 0.6) is 11.5 Å². The summed E-state index contributed by atoms with van der Waals surface area (Å²) in [7, 11) is 3.41. The van der Waals surface area contributed by atoms with E-state index < -0.39 is 0 Å². The highest BCUT2D eigenvalue weighted by Crippen LogP contribution is 2.20. The summed E-state index contributed by atoms with van der Waals surface area (Å²) in [6.45, 7) is 2.87. The molecule has 0 spiro atoms. The highest BCUT2D eigenvalue weighted by atomic mass is 32.1. The van der Waals surface area contributed by atoms with Crippen LogP contribution in [0.1, 0.15) is 26.6 Å². The molecule has 0 atom stereocenters. The molecule has 0 unspecified atom stereocenters. The molecule has 2 aromatic carbocycles. The van der Waals surface area contributed by atoms with Crippen LogP contribution >= 0.6 is 11.3 Å². The Bertz CT molecular complexity index is 906. The molecule has 0 saturated heterocycles. The zero-order chi connectivity index (χ0) is 19.2. The van der Waals surface area contributed by atoms with Gasteiger partial charge in [0.25, 0.3) is 5.91 Å². The van der Waals surface area contributed by atoms with Crippen molar-refractivity contribution in [3.63, 3.8) is 0 Å². The number of carbonyl (C=O) groups is 1. The van der Waals surface area contributed by atoms with Gasteiger partial charge in [-0.1, -0.05) is 18.2 Å². The van der Waals surface area contributed by atoms with E-state index in [4.69, 9.17) is 9.47 Å². The van der Waals surface area contributed by atoms with Crippen LogP contribution in [0.3, 0.4) is 0 Å². The molecule has 6 heteroatoms. The molecule has 27 heavy (non-hydrogen) atoms. The molecule has 0 aliphatic heterocycles. The summed E-state index contributed by atoms with van der Waals surface area (Å²) in [6, 6.07) is 14.9. The van der Waals surface area contributed by atoms with E-state index in [2.05, 4.69) is 4.98 Å². The SMILES string of the molecule is COc1ccccc1CN(C)C(=O)c1ccc(OCc2csc(C)n2)cc1. The molecule has 3 rings (SSSR count). The predicted octanol–water partition coefficient (Wildman–Crippen LogP) is 4.31. The van der Waals surface area contributed by atoms with Crippen molar-refractivity contribution in [3.05, 3.63) is 75.7 Å². The molecular formula is C21H22N2O3S. The molecule has 1 heterocycles. The molecule has 5 nitrogen and oxygen atoms in total. The normalized spacial score (nSPS) is 10.5. The fourth-order valence-corrected chi connectivity index (χ4v) is 3.30. The summed E-state index contributed by atoms with van der Waals surface area (Å²) < 4.78 is 11.1. The van der Waals surface area contributed by atoms with Gasteiger partial charge in [-0.25, -0.2) is 4.98 Å². The monoisotopic (exact) mass is 382 g/mol. The van der Waals surface area contributed by atoms with Crippen molar-refractivity contribution in [2.24, 2.45) is 0 Å². The van der Waals surface area contributed by atoms with Gasteiger partial charge in [0.2, 0.25) is 0 Å². The lowest BCUT2D eigenvalue weighted by molar-refractivity contribution is 0.0784. The van der Waals surface area contributed by atoms with Crippen LogP contribution in [-0.4, -0.2) is 29.9 Å². The molecule has 0 radical (unpaired) electrons. The zero-order valence-electron chi connectivity index (χ0n) is 15.6. The molecule has 3 aromatic rings. The third-order valence-electron chi connectivity index (χ3n) is 4.10. The first-order valence-electron chi connectivity index (χ1n) is 8.58. The van der Waals surface area contributed by atoms with E-state index in [1.165, 1.54) is 0 Å². The number of hydrogen-bond acceptors (Lipinski definition) is 5. The number of ether oxygens (including phenoxy) is 2. The molecule has 0 fully saturated rings. The molecule has 140 valence electrons. The lowest BCUT2D eigenvalue weighted by Gasteiger charge is -2.19. The standard InChI is InChI=1S/C21H22N2O3S/c1-15-22-18(14-27-15)13-26-19-10-8-16(9-11-19)21(24)23(2)12-17-6-4-5-7-20(17)25-3/h4-11,14H,12-13H2,1-3H3. The van der Waals surface area contributed by atoms with E-state index in [1.807, 2.05) is 48.7 Å². The van der Waals surface area contributed by atoms with E-state index in [9.17, 15) is 4.79 Å². The Balaban J connectivity index is 1.61. The highest BCUT2D eigenvalue weighted by Gasteiger charge is 2.14. The number of nitrogens with zero attached hydrogens (tertiary/aromatic N) is 2. The summed E-state index contributed by atoms with van der Waals surface area (Å²) in [5.74, 6) is 1.44.